The number of carbonyl (C=O) groups is 1. The number of anilines is 1. The van der Waals surface area contributed by atoms with Crippen molar-refractivity contribution in [3.8, 4) is 0 Å². The van der Waals surface area contributed by atoms with E-state index in [2.05, 4.69) is 15.4 Å². The summed E-state index contributed by atoms with van der Waals surface area (Å²) in [4.78, 5) is 17.2. The van der Waals surface area contributed by atoms with E-state index in [0.717, 1.165) is 16.8 Å². The van der Waals surface area contributed by atoms with Crippen LogP contribution in [0, 0.1) is 26.6 Å². The Labute approximate surface area is 133 Å². The number of nitrogens with one attached hydrogen (secondary N) is 1. The fourth-order valence-corrected chi connectivity index (χ4v) is 2.71. The lowest BCUT2D eigenvalue weighted by atomic mass is 10.1. The van der Waals surface area contributed by atoms with Gasteiger partial charge in [0, 0.05) is 18.4 Å². The lowest BCUT2D eigenvalue weighted by Crippen LogP contribution is -2.14. The molecule has 1 N–H and O–H groups in total. The van der Waals surface area contributed by atoms with Gasteiger partial charge in [-0.3, -0.25) is 9.48 Å². The zero-order chi connectivity index (χ0) is 16.7. The van der Waals surface area contributed by atoms with E-state index < -0.39 is 0 Å². The molecule has 118 valence electrons. The third-order valence-electron chi connectivity index (χ3n) is 3.78. The van der Waals surface area contributed by atoms with Crippen molar-refractivity contribution in [3.05, 3.63) is 52.6 Å². The minimum atomic E-state index is -0.328. The number of hydrogen-bond donors (Lipinski definition) is 1. The Balaban J connectivity index is 2.07. The van der Waals surface area contributed by atoms with E-state index >= 15 is 0 Å². The van der Waals surface area contributed by atoms with Crippen LogP contribution in [0.25, 0.3) is 11.0 Å². The van der Waals surface area contributed by atoms with E-state index in [1.165, 1.54) is 12.1 Å². The molecule has 0 bridgehead atoms. The van der Waals surface area contributed by atoms with Gasteiger partial charge in [0.2, 0.25) is 0 Å². The first kappa shape index (κ1) is 15.1. The number of aryl methyl sites for hydroxylation is 4. The normalized spacial score (nSPS) is 11.0. The molecule has 1 aromatic carbocycles. The number of amides is 1. The van der Waals surface area contributed by atoms with Gasteiger partial charge in [0.05, 0.1) is 16.6 Å². The van der Waals surface area contributed by atoms with Crippen LogP contribution in [0.2, 0.25) is 0 Å². The molecule has 0 saturated heterocycles. The molecule has 0 spiro atoms. The van der Waals surface area contributed by atoms with E-state index in [-0.39, 0.29) is 11.7 Å². The van der Waals surface area contributed by atoms with Crippen molar-refractivity contribution in [2.75, 3.05) is 5.32 Å². The molecule has 1 amide bonds. The first-order chi connectivity index (χ1) is 10.9. The highest BCUT2D eigenvalue weighted by atomic mass is 19.1. The monoisotopic (exact) mass is 312 g/mol. The Morgan fingerprint density at radius 3 is 2.65 bits per heavy atom. The Morgan fingerprint density at radius 2 is 1.96 bits per heavy atom. The summed E-state index contributed by atoms with van der Waals surface area (Å²) in [6.07, 6.45) is 0. The maximum atomic E-state index is 13.2. The summed E-state index contributed by atoms with van der Waals surface area (Å²) in [6.45, 7) is 5.43. The van der Waals surface area contributed by atoms with Crippen LogP contribution in [0.5, 0.6) is 0 Å². The molecule has 0 unspecified atom stereocenters. The zero-order valence-corrected chi connectivity index (χ0v) is 13.4. The second-order valence-corrected chi connectivity index (χ2v) is 5.63. The van der Waals surface area contributed by atoms with E-state index in [0.29, 0.717) is 22.5 Å². The van der Waals surface area contributed by atoms with Crippen LogP contribution >= 0.6 is 0 Å². The van der Waals surface area contributed by atoms with E-state index in [1.54, 1.807) is 30.8 Å². The van der Waals surface area contributed by atoms with Gasteiger partial charge in [0.1, 0.15) is 5.82 Å². The predicted molar refractivity (Wildman–Crippen MR) is 87.1 cm³/mol. The summed E-state index contributed by atoms with van der Waals surface area (Å²) < 4.78 is 14.9. The lowest BCUT2D eigenvalue weighted by Gasteiger charge is -2.10. The fourth-order valence-electron chi connectivity index (χ4n) is 2.71. The number of aromatic nitrogens is 3. The molecule has 0 aliphatic heterocycles. The first-order valence-corrected chi connectivity index (χ1v) is 7.25. The fraction of sp³-hybridized carbons (Fsp3) is 0.235. The maximum absolute atomic E-state index is 13.2. The summed E-state index contributed by atoms with van der Waals surface area (Å²) in [7, 11) is 1.80. The van der Waals surface area contributed by atoms with Crippen molar-refractivity contribution in [2.45, 2.75) is 20.8 Å². The number of hydrogen-bond acceptors (Lipinski definition) is 3. The van der Waals surface area contributed by atoms with Gasteiger partial charge < -0.3 is 5.32 Å². The third-order valence-corrected chi connectivity index (χ3v) is 3.78. The van der Waals surface area contributed by atoms with Gasteiger partial charge in [0.25, 0.3) is 5.91 Å². The molecule has 0 radical (unpaired) electrons. The topological polar surface area (TPSA) is 59.8 Å². The summed E-state index contributed by atoms with van der Waals surface area (Å²) in [5, 5.41) is 7.91. The Morgan fingerprint density at radius 1 is 1.22 bits per heavy atom. The summed E-state index contributed by atoms with van der Waals surface area (Å²) in [5.41, 5.74) is 3.92. The highest BCUT2D eigenvalue weighted by molar-refractivity contribution is 6.12. The number of rotatable bonds is 2. The van der Waals surface area contributed by atoms with Crippen LogP contribution in [0.15, 0.2) is 24.3 Å². The largest absolute Gasteiger partial charge is 0.322 e. The van der Waals surface area contributed by atoms with Gasteiger partial charge in [-0.15, -0.1) is 0 Å². The van der Waals surface area contributed by atoms with Crippen LogP contribution in [-0.2, 0) is 7.05 Å². The van der Waals surface area contributed by atoms with Crippen molar-refractivity contribution < 1.29 is 9.18 Å². The highest BCUT2D eigenvalue weighted by Gasteiger charge is 2.18. The molecular formula is C17H17FN4O. The quantitative estimate of drug-likeness (QED) is 0.790. The molecule has 0 saturated carbocycles. The number of nitrogens with zero attached hydrogens (tertiary/aromatic N) is 3. The molecule has 3 aromatic rings. The highest BCUT2D eigenvalue weighted by Crippen LogP contribution is 2.23. The van der Waals surface area contributed by atoms with Gasteiger partial charge in [-0.05, 0) is 50.6 Å². The number of carbonyl (C=O) groups excluding carboxylic acids is 1. The van der Waals surface area contributed by atoms with Crippen LogP contribution in [-0.4, -0.2) is 20.7 Å². The zero-order valence-electron chi connectivity index (χ0n) is 13.4. The Bertz CT molecular complexity index is 930. The van der Waals surface area contributed by atoms with Crippen molar-refractivity contribution in [2.24, 2.45) is 7.05 Å². The Kier molecular flexibility index (Phi) is 3.60. The van der Waals surface area contributed by atoms with Crippen molar-refractivity contribution in [1.82, 2.24) is 14.8 Å². The third kappa shape index (κ3) is 2.67. The second-order valence-electron chi connectivity index (χ2n) is 5.63. The van der Waals surface area contributed by atoms with Crippen LogP contribution in [0.3, 0.4) is 0 Å². The summed E-state index contributed by atoms with van der Waals surface area (Å²) in [6, 6.07) is 6.01. The summed E-state index contributed by atoms with van der Waals surface area (Å²) in [5.74, 6) is -0.586. The molecule has 0 fully saturated rings. The number of fused-ring (bicyclic) bond motifs is 1. The molecule has 0 aliphatic carbocycles. The Hall–Kier alpha value is -2.76. The van der Waals surface area contributed by atoms with Gasteiger partial charge in [0.15, 0.2) is 5.65 Å². The smallest absolute Gasteiger partial charge is 0.256 e. The first-order valence-electron chi connectivity index (χ1n) is 7.25. The molecule has 0 aliphatic rings. The van der Waals surface area contributed by atoms with E-state index in [4.69, 9.17) is 0 Å². The molecule has 3 rings (SSSR count). The minimum absolute atomic E-state index is 0.258. The van der Waals surface area contributed by atoms with Gasteiger partial charge in [-0.25, -0.2) is 9.37 Å². The second kappa shape index (κ2) is 5.46. The standard InChI is InChI=1S/C17H17FN4O/c1-9-7-12(18)5-6-14(9)20-17(23)13-8-10(2)19-16-15(13)11(3)21-22(16)4/h5-8H,1-4H3,(H,20,23). The van der Waals surface area contributed by atoms with Crippen LogP contribution < -0.4 is 5.32 Å². The molecular weight excluding hydrogens is 295 g/mol. The predicted octanol–water partition coefficient (Wildman–Crippen LogP) is 3.28. The SMILES string of the molecule is Cc1cc(C(=O)Nc2ccc(F)cc2C)c2c(C)nn(C)c2n1. The maximum Gasteiger partial charge on any atom is 0.256 e. The van der Waals surface area contributed by atoms with Crippen molar-refractivity contribution >= 4 is 22.6 Å². The lowest BCUT2D eigenvalue weighted by molar-refractivity contribution is 0.102. The minimum Gasteiger partial charge on any atom is -0.322 e. The van der Waals surface area contributed by atoms with Crippen molar-refractivity contribution in [1.29, 1.82) is 0 Å². The molecule has 0 atom stereocenters. The molecule has 5 nitrogen and oxygen atoms in total. The number of benzene rings is 1. The summed E-state index contributed by atoms with van der Waals surface area (Å²) >= 11 is 0. The van der Waals surface area contributed by atoms with E-state index in [1.807, 2.05) is 13.8 Å². The number of halogens is 1. The number of pyridine rings is 1. The molecule has 6 heteroatoms. The average Bonchev–Trinajstić information content (AvgIpc) is 2.76. The van der Waals surface area contributed by atoms with Gasteiger partial charge >= 0.3 is 0 Å². The molecule has 2 heterocycles. The van der Waals surface area contributed by atoms with E-state index in [9.17, 15) is 9.18 Å². The molecule has 2 aromatic heterocycles. The van der Waals surface area contributed by atoms with Crippen LogP contribution in [0.4, 0.5) is 10.1 Å². The van der Waals surface area contributed by atoms with Gasteiger partial charge in [-0.2, -0.15) is 5.10 Å². The van der Waals surface area contributed by atoms with Crippen LogP contribution in [0.1, 0.15) is 27.3 Å². The van der Waals surface area contributed by atoms with Crippen molar-refractivity contribution in [3.63, 3.8) is 0 Å². The molecule has 23 heavy (non-hydrogen) atoms. The average molecular weight is 312 g/mol. The van der Waals surface area contributed by atoms with Gasteiger partial charge in [-0.1, -0.05) is 0 Å².